The molecule has 45 heavy (non-hydrogen) atoms. The van der Waals surface area contributed by atoms with Crippen molar-refractivity contribution in [2.24, 2.45) is 0 Å². The molecular weight excluding hydrogens is 605 g/mol. The Labute approximate surface area is 269 Å². The van der Waals surface area contributed by atoms with Crippen LogP contribution in [0.4, 0.5) is 5.69 Å². The number of sulfonamides is 1. The molecule has 10 heteroatoms. The minimum atomic E-state index is -3.75. The normalized spacial score (nSPS) is 12.8. The van der Waals surface area contributed by atoms with E-state index >= 15 is 0 Å². The van der Waals surface area contributed by atoms with Crippen molar-refractivity contribution in [3.8, 4) is 11.4 Å². The third-order valence-electron chi connectivity index (χ3n) is 8.52. The van der Waals surface area contributed by atoms with E-state index in [9.17, 15) is 16.8 Å². The highest BCUT2D eigenvalue weighted by atomic mass is 32.2. The first-order valence-electron chi connectivity index (χ1n) is 14.9. The number of anilines is 1. The van der Waals surface area contributed by atoms with Crippen LogP contribution in [0.1, 0.15) is 57.4 Å². The van der Waals surface area contributed by atoms with Crippen LogP contribution >= 0.6 is 0 Å². The van der Waals surface area contributed by atoms with Crippen molar-refractivity contribution in [2.45, 2.75) is 67.7 Å². The van der Waals surface area contributed by atoms with Crippen LogP contribution in [0.2, 0.25) is 0 Å². The van der Waals surface area contributed by atoms with E-state index in [1.165, 1.54) is 10.6 Å². The molecular formula is C35H44N4O4S2. The predicted molar refractivity (Wildman–Crippen MR) is 182 cm³/mol. The molecule has 0 aliphatic heterocycles. The lowest BCUT2D eigenvalue weighted by molar-refractivity contribution is 0.374. The molecule has 8 nitrogen and oxygen atoms in total. The fraction of sp³-hybridized carbons (Fsp3) is 0.371. The van der Waals surface area contributed by atoms with E-state index in [1.54, 1.807) is 43.6 Å². The number of rotatable bonds is 12. The summed E-state index contributed by atoms with van der Waals surface area (Å²) in [6, 6.07) is 23.9. The van der Waals surface area contributed by atoms with E-state index in [1.807, 2.05) is 67.5 Å². The van der Waals surface area contributed by atoms with Crippen LogP contribution in [-0.4, -0.2) is 58.5 Å². The van der Waals surface area contributed by atoms with E-state index < -0.39 is 19.9 Å². The molecule has 4 rings (SSSR count). The number of hydrogen-bond donors (Lipinski definition) is 0. The Kier molecular flexibility index (Phi) is 9.92. The quantitative estimate of drug-likeness (QED) is 0.174. The lowest BCUT2D eigenvalue weighted by Crippen LogP contribution is -2.27. The van der Waals surface area contributed by atoms with E-state index in [0.717, 1.165) is 35.2 Å². The lowest BCUT2D eigenvalue weighted by Gasteiger charge is -2.32. The second-order valence-electron chi connectivity index (χ2n) is 13.2. The number of benzene rings is 3. The van der Waals surface area contributed by atoms with Crippen molar-refractivity contribution in [3.05, 3.63) is 102 Å². The topological polar surface area (TPSA) is 101 Å². The first kappa shape index (κ1) is 34.3. The largest absolute Gasteiger partial charge is 0.378 e. The van der Waals surface area contributed by atoms with Crippen LogP contribution < -0.4 is 4.90 Å². The summed E-state index contributed by atoms with van der Waals surface area (Å²) in [6.07, 6.45) is 4.58. The summed E-state index contributed by atoms with van der Waals surface area (Å²) in [6.45, 7) is 8.75. The van der Waals surface area contributed by atoms with Gasteiger partial charge in [0.2, 0.25) is 10.0 Å². The standard InChI is InChI=1S/C35H44N4O4S2/c1-34(2,27-11-17-31(18-12-27)44(8,40)41)22-23-35(3,4)28-13-19-32(20-14-28)45(42,43)39(7)25-29-21-24-36-33(37-29)26-9-15-30(16-10-26)38(5)6/h9-21,24H,22-23,25H2,1-8H3. The van der Waals surface area contributed by atoms with Gasteiger partial charge in [0.1, 0.15) is 0 Å². The Balaban J connectivity index is 1.43. The zero-order valence-corrected chi connectivity index (χ0v) is 29.1. The van der Waals surface area contributed by atoms with Gasteiger partial charge in [-0.25, -0.2) is 26.8 Å². The number of aromatic nitrogens is 2. The summed E-state index contributed by atoms with van der Waals surface area (Å²) in [5.74, 6) is 0.546. The summed E-state index contributed by atoms with van der Waals surface area (Å²) in [7, 11) is -1.48. The van der Waals surface area contributed by atoms with E-state index in [4.69, 9.17) is 0 Å². The van der Waals surface area contributed by atoms with Gasteiger partial charge < -0.3 is 4.90 Å². The van der Waals surface area contributed by atoms with Crippen molar-refractivity contribution in [1.29, 1.82) is 0 Å². The molecule has 0 atom stereocenters. The third kappa shape index (κ3) is 8.17. The maximum atomic E-state index is 13.5. The first-order valence-corrected chi connectivity index (χ1v) is 18.2. The molecule has 240 valence electrons. The van der Waals surface area contributed by atoms with Gasteiger partial charge in [0, 0.05) is 44.8 Å². The second-order valence-corrected chi connectivity index (χ2v) is 17.2. The molecule has 0 saturated heterocycles. The zero-order chi connectivity index (χ0) is 33.2. The Morgan fingerprint density at radius 3 is 1.62 bits per heavy atom. The molecule has 0 bridgehead atoms. The molecule has 0 aliphatic rings. The van der Waals surface area contributed by atoms with E-state index in [0.29, 0.717) is 16.4 Å². The smallest absolute Gasteiger partial charge is 0.243 e. The maximum absolute atomic E-state index is 13.5. The van der Waals surface area contributed by atoms with E-state index in [2.05, 4.69) is 37.7 Å². The van der Waals surface area contributed by atoms with Crippen molar-refractivity contribution >= 4 is 25.5 Å². The Hall–Kier alpha value is -3.60. The number of nitrogens with zero attached hydrogens (tertiary/aromatic N) is 4. The highest BCUT2D eigenvalue weighted by Gasteiger charge is 2.28. The van der Waals surface area contributed by atoms with Gasteiger partial charge >= 0.3 is 0 Å². The SMILES string of the molecule is CN(C)c1ccc(-c2nccc(CN(C)S(=O)(=O)c3ccc(C(C)(C)CCC(C)(C)c4ccc(S(C)(=O)=O)cc4)cc3)n2)cc1. The summed E-state index contributed by atoms with van der Waals surface area (Å²) < 4.78 is 52.0. The molecule has 0 fully saturated rings. The van der Waals surface area contributed by atoms with Gasteiger partial charge in [0.15, 0.2) is 15.7 Å². The maximum Gasteiger partial charge on any atom is 0.243 e. The van der Waals surface area contributed by atoms with Crippen molar-refractivity contribution in [2.75, 3.05) is 32.3 Å². The summed E-state index contributed by atoms with van der Waals surface area (Å²) >= 11 is 0. The van der Waals surface area contributed by atoms with Gasteiger partial charge in [0.05, 0.1) is 22.0 Å². The number of sulfone groups is 1. The highest BCUT2D eigenvalue weighted by Crippen LogP contribution is 2.37. The molecule has 0 unspecified atom stereocenters. The Bertz CT molecular complexity index is 1830. The molecule has 1 aromatic heterocycles. The lowest BCUT2D eigenvalue weighted by atomic mass is 9.73. The molecule has 4 aromatic rings. The van der Waals surface area contributed by atoms with Crippen LogP contribution in [0.5, 0.6) is 0 Å². The molecule has 0 amide bonds. The average Bonchev–Trinajstić information content (AvgIpc) is 3.00. The average molecular weight is 649 g/mol. The number of hydrogen-bond acceptors (Lipinski definition) is 7. The van der Waals surface area contributed by atoms with Gasteiger partial charge in [0.25, 0.3) is 0 Å². The predicted octanol–water partition coefficient (Wildman–Crippen LogP) is 6.47. The van der Waals surface area contributed by atoms with Crippen LogP contribution in [0.15, 0.2) is 94.9 Å². The molecule has 0 N–H and O–H groups in total. The van der Waals surface area contributed by atoms with Gasteiger partial charge in [-0.15, -0.1) is 0 Å². The van der Waals surface area contributed by atoms with Crippen LogP contribution in [0.25, 0.3) is 11.4 Å². The minimum Gasteiger partial charge on any atom is -0.378 e. The summed E-state index contributed by atoms with van der Waals surface area (Å²) in [5.41, 5.74) is 4.28. The molecule has 0 saturated carbocycles. The third-order valence-corrected chi connectivity index (χ3v) is 11.5. The molecule has 0 spiro atoms. The van der Waals surface area contributed by atoms with Crippen LogP contribution in [0, 0.1) is 0 Å². The minimum absolute atomic E-state index is 0.112. The van der Waals surface area contributed by atoms with Crippen molar-refractivity contribution < 1.29 is 16.8 Å². The molecule has 3 aromatic carbocycles. The van der Waals surface area contributed by atoms with Gasteiger partial charge in [-0.1, -0.05) is 52.0 Å². The zero-order valence-electron chi connectivity index (χ0n) is 27.4. The summed E-state index contributed by atoms with van der Waals surface area (Å²) in [4.78, 5) is 11.6. The van der Waals surface area contributed by atoms with E-state index in [-0.39, 0.29) is 22.3 Å². The first-order chi connectivity index (χ1) is 20.9. The fourth-order valence-corrected chi connectivity index (χ4v) is 6.94. The van der Waals surface area contributed by atoms with Crippen LogP contribution in [0.3, 0.4) is 0 Å². The molecule has 1 heterocycles. The second kappa shape index (κ2) is 13.0. The van der Waals surface area contributed by atoms with Gasteiger partial charge in [-0.2, -0.15) is 4.31 Å². The van der Waals surface area contributed by atoms with Gasteiger partial charge in [-0.3, -0.25) is 0 Å². The van der Waals surface area contributed by atoms with Crippen molar-refractivity contribution in [3.63, 3.8) is 0 Å². The van der Waals surface area contributed by atoms with Gasteiger partial charge in [-0.05, 0) is 89.4 Å². The highest BCUT2D eigenvalue weighted by molar-refractivity contribution is 7.90. The fourth-order valence-electron chi connectivity index (χ4n) is 5.17. The molecule has 0 aliphatic carbocycles. The van der Waals surface area contributed by atoms with Crippen molar-refractivity contribution in [1.82, 2.24) is 14.3 Å². The monoisotopic (exact) mass is 648 g/mol. The Morgan fingerprint density at radius 2 is 1.16 bits per heavy atom. The Morgan fingerprint density at radius 1 is 0.667 bits per heavy atom. The van der Waals surface area contributed by atoms with Crippen LogP contribution in [-0.2, 0) is 37.2 Å². The summed E-state index contributed by atoms with van der Waals surface area (Å²) in [5, 5.41) is 0. The molecule has 0 radical (unpaired) electrons.